The van der Waals surface area contributed by atoms with Crippen molar-refractivity contribution in [2.45, 2.75) is 56.3 Å². The summed E-state index contributed by atoms with van der Waals surface area (Å²) >= 11 is 0. The molecule has 3 atom stereocenters. The van der Waals surface area contributed by atoms with E-state index in [9.17, 15) is 0 Å². The molecule has 4 radical (unpaired) electrons. The molecule has 4 rings (SSSR count). The normalized spacial score (nSPS) is 30.9. The summed E-state index contributed by atoms with van der Waals surface area (Å²) in [5.41, 5.74) is 3.93. The van der Waals surface area contributed by atoms with E-state index in [0.29, 0.717) is 0 Å². The van der Waals surface area contributed by atoms with Gasteiger partial charge in [0.05, 0.1) is 15.7 Å². The molecule has 4 heteroatoms. The predicted molar refractivity (Wildman–Crippen MR) is 120 cm³/mol. The topological polar surface area (TPSA) is 19.0 Å². The molecular weight excluding hydrogens is 338 g/mol. The quantitative estimate of drug-likeness (QED) is 0.682. The van der Waals surface area contributed by atoms with E-state index in [1.165, 1.54) is 27.6 Å². The molecule has 140 valence electrons. The molecule has 1 aliphatic heterocycles. The number of rotatable bonds is 4. The molecular formula is C24H28B2N2. The van der Waals surface area contributed by atoms with E-state index < -0.39 is 10.9 Å². The number of nitrogens with one attached hydrogen (secondary N) is 1. The van der Waals surface area contributed by atoms with Crippen LogP contribution in [0.2, 0.25) is 0 Å². The van der Waals surface area contributed by atoms with Gasteiger partial charge in [0.25, 0.3) is 0 Å². The van der Waals surface area contributed by atoms with Crippen molar-refractivity contribution < 1.29 is 0 Å². The van der Waals surface area contributed by atoms with E-state index in [1.807, 2.05) is 7.05 Å². The van der Waals surface area contributed by atoms with Crippen LogP contribution in [0.1, 0.15) is 43.9 Å². The van der Waals surface area contributed by atoms with Crippen LogP contribution < -0.4 is 0 Å². The third kappa shape index (κ3) is 2.85. The maximum absolute atomic E-state index is 6.90. The highest BCUT2D eigenvalue weighted by atomic mass is 15.2. The van der Waals surface area contributed by atoms with Gasteiger partial charge in [0.2, 0.25) is 0 Å². The minimum absolute atomic E-state index is 0.258. The third-order valence-corrected chi connectivity index (χ3v) is 7.20. The number of likely N-dealkylation sites (tertiary alicyclic amines) is 1. The second-order valence-electron chi connectivity index (χ2n) is 9.10. The van der Waals surface area contributed by atoms with E-state index in [0.717, 1.165) is 19.3 Å². The van der Waals surface area contributed by atoms with Crippen LogP contribution in [0, 0.1) is 0 Å². The first-order chi connectivity index (χ1) is 13.2. The fourth-order valence-corrected chi connectivity index (χ4v) is 5.11. The molecule has 0 amide bonds. The Labute approximate surface area is 171 Å². The highest BCUT2D eigenvalue weighted by Gasteiger charge is 2.57. The molecule has 3 aromatic rings. The maximum atomic E-state index is 6.90. The van der Waals surface area contributed by atoms with Gasteiger partial charge in [0, 0.05) is 22.5 Å². The number of aromatic amines is 1. The lowest BCUT2D eigenvalue weighted by molar-refractivity contribution is 0.180. The molecule has 0 saturated carbocycles. The Morgan fingerprint density at radius 2 is 1.68 bits per heavy atom. The smallest absolute Gasteiger partial charge is 0.0965 e. The van der Waals surface area contributed by atoms with Crippen LogP contribution in [0.5, 0.6) is 0 Å². The Morgan fingerprint density at radius 3 is 2.32 bits per heavy atom. The number of hydrogen-bond donors (Lipinski definition) is 1. The predicted octanol–water partition coefficient (Wildman–Crippen LogP) is 4.32. The van der Waals surface area contributed by atoms with Crippen LogP contribution in [-0.4, -0.2) is 43.5 Å². The maximum Gasteiger partial charge on any atom is 0.0965 e. The Kier molecular flexibility index (Phi) is 4.54. The molecule has 1 aliphatic rings. The summed E-state index contributed by atoms with van der Waals surface area (Å²) in [6.45, 7) is 6.45. The van der Waals surface area contributed by atoms with E-state index in [-0.39, 0.29) is 5.41 Å². The minimum atomic E-state index is -0.543. The molecule has 2 nitrogen and oxygen atoms in total. The zero-order valence-electron chi connectivity index (χ0n) is 17.4. The number of aryl methyl sites for hydroxylation is 2. The lowest BCUT2D eigenvalue weighted by Gasteiger charge is -2.44. The molecule has 1 fully saturated rings. The summed E-state index contributed by atoms with van der Waals surface area (Å²) in [5, 5.41) is 1.31. The van der Waals surface area contributed by atoms with Gasteiger partial charge in [0.1, 0.15) is 0 Å². The summed E-state index contributed by atoms with van der Waals surface area (Å²) in [6, 6.07) is 17.2. The van der Waals surface area contributed by atoms with Gasteiger partial charge in [-0.15, -0.1) is 0 Å². The molecule has 28 heavy (non-hydrogen) atoms. The van der Waals surface area contributed by atoms with Crippen molar-refractivity contribution >= 4 is 26.6 Å². The number of nitrogens with zero attached hydrogens (tertiary/aromatic N) is 1. The molecule has 1 saturated heterocycles. The minimum Gasteiger partial charge on any atom is -0.361 e. The van der Waals surface area contributed by atoms with Crippen molar-refractivity contribution in [2.75, 3.05) is 7.05 Å². The third-order valence-electron chi connectivity index (χ3n) is 7.20. The van der Waals surface area contributed by atoms with Crippen LogP contribution >= 0.6 is 0 Å². The SMILES string of the molecule is [B]C1(C)CC(C)(c2c[nH]c3cccc(CCc4ccccc4)c23)C([B])(C)N1C. The first kappa shape index (κ1) is 19.4. The van der Waals surface area contributed by atoms with Gasteiger partial charge in [-0.25, -0.2) is 0 Å². The zero-order valence-corrected chi connectivity index (χ0v) is 17.4. The van der Waals surface area contributed by atoms with Gasteiger partial charge < -0.3 is 9.88 Å². The van der Waals surface area contributed by atoms with Crippen molar-refractivity contribution in [3.05, 3.63) is 71.4 Å². The van der Waals surface area contributed by atoms with Crippen LogP contribution in [-0.2, 0) is 18.3 Å². The fraction of sp³-hybridized carbons (Fsp3) is 0.417. The highest BCUT2D eigenvalue weighted by Crippen LogP contribution is 2.53. The van der Waals surface area contributed by atoms with Crippen LogP contribution in [0.25, 0.3) is 10.9 Å². The fourth-order valence-electron chi connectivity index (χ4n) is 5.11. The molecule has 2 heterocycles. The summed E-state index contributed by atoms with van der Waals surface area (Å²) in [4.78, 5) is 5.62. The first-order valence-corrected chi connectivity index (χ1v) is 10.1. The largest absolute Gasteiger partial charge is 0.361 e. The lowest BCUT2D eigenvalue weighted by Crippen LogP contribution is -2.54. The van der Waals surface area contributed by atoms with Crippen LogP contribution in [0.15, 0.2) is 54.7 Å². The van der Waals surface area contributed by atoms with Crippen molar-refractivity contribution in [1.82, 2.24) is 9.88 Å². The molecule has 1 aromatic heterocycles. The summed E-state index contributed by atoms with van der Waals surface area (Å²) in [7, 11) is 15.6. The van der Waals surface area contributed by atoms with Gasteiger partial charge in [-0.3, -0.25) is 0 Å². The van der Waals surface area contributed by atoms with E-state index in [1.54, 1.807) is 0 Å². The van der Waals surface area contributed by atoms with Gasteiger partial charge in [-0.05, 0) is 59.9 Å². The Bertz CT molecular complexity index is 990. The summed E-state index contributed by atoms with van der Waals surface area (Å²) in [5.74, 6) is 0. The molecule has 0 bridgehead atoms. The Balaban J connectivity index is 1.79. The molecule has 0 aliphatic carbocycles. The van der Waals surface area contributed by atoms with Crippen molar-refractivity contribution in [2.24, 2.45) is 0 Å². The second kappa shape index (κ2) is 6.56. The van der Waals surface area contributed by atoms with Gasteiger partial charge in [-0.2, -0.15) is 0 Å². The average molecular weight is 366 g/mol. The van der Waals surface area contributed by atoms with E-state index >= 15 is 0 Å². The molecule has 1 N–H and O–H groups in total. The lowest BCUT2D eigenvalue weighted by atomic mass is 9.57. The Hall–Kier alpha value is -1.93. The monoisotopic (exact) mass is 366 g/mol. The number of likely N-dealkylation sites (N-methyl/N-ethyl adjacent to an activating group) is 1. The van der Waals surface area contributed by atoms with Crippen molar-refractivity contribution in [3.63, 3.8) is 0 Å². The first-order valence-electron chi connectivity index (χ1n) is 10.1. The Morgan fingerprint density at radius 1 is 0.964 bits per heavy atom. The number of aromatic nitrogens is 1. The standard InChI is InChI=1S/C24H28B2N2/c1-22(16-23(2,25)28(4)24(22,3)26)19-15-27-20-12-8-11-18(21(19)20)14-13-17-9-6-5-7-10-17/h5-12,15,27H,13-14,16H2,1-4H3. The van der Waals surface area contributed by atoms with Crippen molar-refractivity contribution in [1.29, 1.82) is 0 Å². The summed E-state index contributed by atoms with van der Waals surface area (Å²) < 4.78 is 0. The van der Waals surface area contributed by atoms with Crippen LogP contribution in [0.3, 0.4) is 0 Å². The van der Waals surface area contributed by atoms with Gasteiger partial charge >= 0.3 is 0 Å². The number of H-pyrrole nitrogens is 1. The number of benzene rings is 2. The average Bonchev–Trinajstić information content (AvgIpc) is 3.15. The molecule has 0 spiro atoms. The number of hydrogen-bond acceptors (Lipinski definition) is 1. The van der Waals surface area contributed by atoms with E-state index in [4.69, 9.17) is 15.7 Å². The zero-order chi connectivity index (χ0) is 20.2. The van der Waals surface area contributed by atoms with Gasteiger partial charge in [0.15, 0.2) is 0 Å². The van der Waals surface area contributed by atoms with E-state index in [2.05, 4.69) is 85.4 Å². The van der Waals surface area contributed by atoms with Crippen LogP contribution in [0.4, 0.5) is 0 Å². The molecule has 2 aromatic carbocycles. The molecule has 3 unspecified atom stereocenters. The summed E-state index contributed by atoms with van der Waals surface area (Å²) in [6.07, 6.45) is 4.98. The second-order valence-corrected chi connectivity index (χ2v) is 9.10. The van der Waals surface area contributed by atoms with Crippen molar-refractivity contribution in [3.8, 4) is 0 Å². The highest BCUT2D eigenvalue weighted by molar-refractivity contribution is 6.20. The number of fused-ring (bicyclic) bond motifs is 1. The van der Waals surface area contributed by atoms with Gasteiger partial charge in [-0.1, -0.05) is 63.2 Å².